The smallest absolute Gasteiger partial charge is 0.275 e. The van der Waals surface area contributed by atoms with E-state index in [0.29, 0.717) is 23.8 Å². The van der Waals surface area contributed by atoms with E-state index in [-0.39, 0.29) is 10.8 Å². The molecule has 0 saturated heterocycles. The van der Waals surface area contributed by atoms with Gasteiger partial charge in [-0.15, -0.1) is 0 Å². The lowest BCUT2D eigenvalue weighted by molar-refractivity contribution is 0.102. The zero-order valence-corrected chi connectivity index (χ0v) is 12.3. The Kier molecular flexibility index (Phi) is 4.94. The number of hydrogen-bond donors (Lipinski definition) is 1. The molecule has 0 aliphatic carbocycles. The molecular weight excluding hydrogens is 294 g/mol. The average molecular weight is 308 g/mol. The van der Waals surface area contributed by atoms with E-state index in [4.69, 9.17) is 21.1 Å². The molecule has 0 fully saturated rings. The summed E-state index contributed by atoms with van der Waals surface area (Å²) in [6.07, 6.45) is 2.70. The number of aromatic nitrogens is 2. The zero-order chi connectivity index (χ0) is 15.2. The number of carbonyl (C=O) groups is 1. The van der Waals surface area contributed by atoms with Crippen molar-refractivity contribution in [3.63, 3.8) is 0 Å². The van der Waals surface area contributed by atoms with E-state index in [9.17, 15) is 4.79 Å². The summed E-state index contributed by atoms with van der Waals surface area (Å²) in [5.74, 6) is 0.739. The second-order valence-electron chi connectivity index (χ2n) is 3.98. The van der Waals surface area contributed by atoms with E-state index in [2.05, 4.69) is 15.3 Å². The number of halogens is 1. The minimum Gasteiger partial charge on any atom is -0.493 e. The molecule has 1 N–H and O–H groups in total. The average Bonchev–Trinajstić information content (AvgIpc) is 2.49. The Hall–Kier alpha value is -2.34. The third-order valence-electron chi connectivity index (χ3n) is 2.56. The fraction of sp³-hybridized carbons (Fsp3) is 0.214. The highest BCUT2D eigenvalue weighted by molar-refractivity contribution is 6.29. The molecule has 1 heterocycles. The van der Waals surface area contributed by atoms with Gasteiger partial charge >= 0.3 is 0 Å². The number of amides is 1. The van der Waals surface area contributed by atoms with Crippen molar-refractivity contribution >= 4 is 23.2 Å². The lowest BCUT2D eigenvalue weighted by Crippen LogP contribution is -2.14. The van der Waals surface area contributed by atoms with Crippen molar-refractivity contribution in [3.8, 4) is 11.5 Å². The quantitative estimate of drug-likeness (QED) is 0.919. The van der Waals surface area contributed by atoms with Crippen molar-refractivity contribution in [1.29, 1.82) is 0 Å². The molecule has 2 aromatic rings. The van der Waals surface area contributed by atoms with E-state index in [1.165, 1.54) is 19.5 Å². The predicted molar refractivity (Wildman–Crippen MR) is 79.2 cm³/mol. The third-order valence-corrected chi connectivity index (χ3v) is 2.74. The first-order chi connectivity index (χ1) is 10.1. The van der Waals surface area contributed by atoms with Gasteiger partial charge in [-0.3, -0.25) is 9.78 Å². The number of benzene rings is 1. The van der Waals surface area contributed by atoms with Crippen molar-refractivity contribution in [2.75, 3.05) is 19.0 Å². The second-order valence-corrected chi connectivity index (χ2v) is 4.37. The van der Waals surface area contributed by atoms with Crippen LogP contribution in [0.2, 0.25) is 5.15 Å². The van der Waals surface area contributed by atoms with Gasteiger partial charge < -0.3 is 14.8 Å². The summed E-state index contributed by atoms with van der Waals surface area (Å²) in [6.45, 7) is 2.41. The van der Waals surface area contributed by atoms with Crippen LogP contribution in [-0.2, 0) is 0 Å². The monoisotopic (exact) mass is 307 g/mol. The molecule has 0 saturated carbocycles. The Bertz CT molecular complexity index is 649. The molecule has 21 heavy (non-hydrogen) atoms. The molecule has 7 heteroatoms. The molecule has 1 aromatic heterocycles. The predicted octanol–water partition coefficient (Wildman–Crippen LogP) is 2.79. The van der Waals surface area contributed by atoms with Crippen LogP contribution in [0.4, 0.5) is 5.69 Å². The van der Waals surface area contributed by atoms with Crippen LogP contribution in [0.5, 0.6) is 11.5 Å². The molecule has 0 radical (unpaired) electrons. The fourth-order valence-electron chi connectivity index (χ4n) is 1.67. The van der Waals surface area contributed by atoms with E-state index in [0.717, 1.165) is 0 Å². The SMILES string of the molecule is CCOc1ccc(NC(=O)c2cncc(Cl)n2)cc1OC. The Labute approximate surface area is 127 Å². The van der Waals surface area contributed by atoms with Crippen molar-refractivity contribution < 1.29 is 14.3 Å². The molecule has 6 nitrogen and oxygen atoms in total. The van der Waals surface area contributed by atoms with Gasteiger partial charge in [-0.1, -0.05) is 11.6 Å². The molecule has 2 rings (SSSR count). The zero-order valence-electron chi connectivity index (χ0n) is 11.6. The maximum absolute atomic E-state index is 12.0. The summed E-state index contributed by atoms with van der Waals surface area (Å²) >= 11 is 5.70. The first-order valence-corrected chi connectivity index (χ1v) is 6.61. The summed E-state index contributed by atoms with van der Waals surface area (Å²) in [5.41, 5.74) is 0.692. The van der Waals surface area contributed by atoms with Gasteiger partial charge in [0.1, 0.15) is 10.8 Å². The Morgan fingerprint density at radius 2 is 2.14 bits per heavy atom. The van der Waals surface area contributed by atoms with Crippen LogP contribution in [-0.4, -0.2) is 29.6 Å². The molecule has 1 amide bonds. The van der Waals surface area contributed by atoms with Gasteiger partial charge in [-0.2, -0.15) is 0 Å². The fourth-order valence-corrected chi connectivity index (χ4v) is 1.81. The first-order valence-electron chi connectivity index (χ1n) is 6.23. The largest absolute Gasteiger partial charge is 0.493 e. The van der Waals surface area contributed by atoms with Crippen LogP contribution in [0.3, 0.4) is 0 Å². The maximum atomic E-state index is 12.0. The van der Waals surface area contributed by atoms with E-state index in [1.807, 2.05) is 6.92 Å². The normalized spacial score (nSPS) is 10.0. The molecule has 110 valence electrons. The molecule has 0 atom stereocenters. The summed E-state index contributed by atoms with van der Waals surface area (Å²) in [5, 5.41) is 2.85. The number of ether oxygens (including phenoxy) is 2. The summed E-state index contributed by atoms with van der Waals surface area (Å²) in [7, 11) is 1.53. The van der Waals surface area contributed by atoms with Crippen molar-refractivity contribution in [2.24, 2.45) is 0 Å². The van der Waals surface area contributed by atoms with Crippen LogP contribution in [0.1, 0.15) is 17.4 Å². The summed E-state index contributed by atoms with van der Waals surface area (Å²) in [6, 6.07) is 5.10. The van der Waals surface area contributed by atoms with Gasteiger partial charge in [0.2, 0.25) is 0 Å². The van der Waals surface area contributed by atoms with E-state index >= 15 is 0 Å². The number of carbonyl (C=O) groups excluding carboxylic acids is 1. The van der Waals surface area contributed by atoms with Crippen LogP contribution in [0.15, 0.2) is 30.6 Å². The lowest BCUT2D eigenvalue weighted by Gasteiger charge is -2.11. The van der Waals surface area contributed by atoms with Crippen LogP contribution in [0, 0.1) is 0 Å². The maximum Gasteiger partial charge on any atom is 0.275 e. The van der Waals surface area contributed by atoms with Crippen molar-refractivity contribution in [2.45, 2.75) is 6.92 Å². The van der Waals surface area contributed by atoms with Crippen LogP contribution < -0.4 is 14.8 Å². The summed E-state index contributed by atoms with van der Waals surface area (Å²) in [4.78, 5) is 19.7. The molecule has 0 spiro atoms. The van der Waals surface area contributed by atoms with Gasteiger partial charge in [-0.25, -0.2) is 4.98 Å². The second kappa shape index (κ2) is 6.90. The topological polar surface area (TPSA) is 73.3 Å². The lowest BCUT2D eigenvalue weighted by atomic mass is 10.2. The minimum absolute atomic E-state index is 0.135. The number of methoxy groups -OCH3 is 1. The Balaban J connectivity index is 2.17. The van der Waals surface area contributed by atoms with Crippen LogP contribution >= 0.6 is 11.6 Å². The van der Waals surface area contributed by atoms with E-state index < -0.39 is 5.91 Å². The number of nitrogens with one attached hydrogen (secondary N) is 1. The third kappa shape index (κ3) is 3.82. The molecule has 0 bridgehead atoms. The van der Waals surface area contributed by atoms with Crippen molar-refractivity contribution in [3.05, 3.63) is 41.4 Å². The van der Waals surface area contributed by atoms with Crippen molar-refractivity contribution in [1.82, 2.24) is 9.97 Å². The van der Waals surface area contributed by atoms with Gasteiger partial charge in [0.05, 0.1) is 26.1 Å². The first kappa shape index (κ1) is 15.1. The number of anilines is 1. The molecule has 1 aromatic carbocycles. The number of nitrogens with zero attached hydrogens (tertiary/aromatic N) is 2. The Morgan fingerprint density at radius 3 is 2.81 bits per heavy atom. The number of hydrogen-bond acceptors (Lipinski definition) is 5. The highest BCUT2D eigenvalue weighted by Crippen LogP contribution is 2.30. The highest BCUT2D eigenvalue weighted by Gasteiger charge is 2.11. The molecular formula is C14H14ClN3O3. The van der Waals surface area contributed by atoms with Gasteiger partial charge in [0, 0.05) is 11.8 Å². The van der Waals surface area contributed by atoms with E-state index in [1.54, 1.807) is 18.2 Å². The van der Waals surface area contributed by atoms with Gasteiger partial charge in [0.25, 0.3) is 5.91 Å². The highest BCUT2D eigenvalue weighted by atomic mass is 35.5. The molecule has 0 unspecified atom stereocenters. The summed E-state index contributed by atoms with van der Waals surface area (Å²) < 4.78 is 10.6. The van der Waals surface area contributed by atoms with Crippen LogP contribution in [0.25, 0.3) is 0 Å². The Morgan fingerprint density at radius 1 is 1.33 bits per heavy atom. The minimum atomic E-state index is -0.406. The van der Waals surface area contributed by atoms with Gasteiger partial charge in [-0.05, 0) is 19.1 Å². The number of rotatable bonds is 5. The molecule has 0 aliphatic heterocycles. The molecule has 0 aliphatic rings. The standard InChI is InChI=1S/C14H14ClN3O3/c1-3-21-11-5-4-9(6-12(11)20-2)17-14(19)10-7-16-8-13(15)18-10/h4-8H,3H2,1-2H3,(H,17,19). The van der Waals surface area contributed by atoms with Gasteiger partial charge in [0.15, 0.2) is 11.5 Å².